The van der Waals surface area contributed by atoms with Gasteiger partial charge in [0.2, 0.25) is 0 Å². The Bertz CT molecular complexity index is 170. The predicted octanol–water partition coefficient (Wildman–Crippen LogP) is 1.04. The molecule has 2 unspecified atom stereocenters. The zero-order chi connectivity index (χ0) is 14.3. The van der Waals surface area contributed by atoms with Crippen molar-refractivity contribution < 1.29 is 10.2 Å². The van der Waals surface area contributed by atoms with E-state index in [1.807, 2.05) is 23.5 Å². The molecule has 4 nitrogen and oxygen atoms in total. The Labute approximate surface area is 126 Å². The fourth-order valence-electron chi connectivity index (χ4n) is 1.44. The monoisotopic (exact) mass is 310 g/mol. The lowest BCUT2D eigenvalue weighted by Gasteiger charge is -2.08. The zero-order valence-electron chi connectivity index (χ0n) is 11.8. The minimum Gasteiger partial charge on any atom is -0.395 e. The van der Waals surface area contributed by atoms with Crippen LogP contribution in [-0.4, -0.2) is 58.5 Å². The molecule has 19 heavy (non-hydrogen) atoms. The fourth-order valence-corrected chi connectivity index (χ4v) is 3.60. The summed E-state index contributed by atoms with van der Waals surface area (Å²) in [6, 6.07) is -0.0941. The van der Waals surface area contributed by atoms with Crippen molar-refractivity contribution in [3.63, 3.8) is 0 Å². The Morgan fingerprint density at radius 1 is 0.684 bits per heavy atom. The quantitative estimate of drug-likeness (QED) is 0.358. The van der Waals surface area contributed by atoms with Crippen molar-refractivity contribution in [1.82, 2.24) is 0 Å². The van der Waals surface area contributed by atoms with Crippen LogP contribution in [0.25, 0.3) is 0 Å². The van der Waals surface area contributed by atoms with Gasteiger partial charge in [-0.1, -0.05) is 6.42 Å². The van der Waals surface area contributed by atoms with Gasteiger partial charge in [0.1, 0.15) is 0 Å². The van der Waals surface area contributed by atoms with Crippen molar-refractivity contribution in [3.8, 4) is 0 Å². The number of aliphatic hydroxyl groups is 2. The lowest BCUT2D eigenvalue weighted by Crippen LogP contribution is -2.24. The van der Waals surface area contributed by atoms with E-state index < -0.39 is 0 Å². The van der Waals surface area contributed by atoms with Crippen molar-refractivity contribution in [1.29, 1.82) is 0 Å². The summed E-state index contributed by atoms with van der Waals surface area (Å²) >= 11 is 3.86. The highest BCUT2D eigenvalue weighted by molar-refractivity contribution is 7.99. The number of hydrogen-bond donors (Lipinski definition) is 4. The van der Waals surface area contributed by atoms with Crippen molar-refractivity contribution in [3.05, 3.63) is 0 Å². The third-order valence-corrected chi connectivity index (χ3v) is 5.02. The van der Waals surface area contributed by atoms with Gasteiger partial charge in [0.25, 0.3) is 0 Å². The molecule has 0 fully saturated rings. The van der Waals surface area contributed by atoms with Gasteiger partial charge in [0.15, 0.2) is 0 Å². The van der Waals surface area contributed by atoms with Crippen LogP contribution in [0.15, 0.2) is 0 Å². The smallest absolute Gasteiger partial charge is 0.0582 e. The molecule has 2 atom stereocenters. The topological polar surface area (TPSA) is 92.5 Å². The van der Waals surface area contributed by atoms with E-state index in [1.54, 1.807) is 0 Å². The Balaban J connectivity index is 3.03. The Morgan fingerprint density at radius 3 is 1.47 bits per heavy atom. The first kappa shape index (κ1) is 19.5. The molecule has 0 spiro atoms. The summed E-state index contributed by atoms with van der Waals surface area (Å²) in [7, 11) is 0. The van der Waals surface area contributed by atoms with Crippen LogP contribution < -0.4 is 11.5 Å². The first-order chi connectivity index (χ1) is 9.20. The molecule has 0 heterocycles. The number of aliphatic hydroxyl groups excluding tert-OH is 2. The molecule has 0 bridgehead atoms. The first-order valence-electron chi connectivity index (χ1n) is 7.09. The Hall–Kier alpha value is 0.540. The molecule has 0 amide bonds. The molecule has 0 saturated heterocycles. The summed E-state index contributed by atoms with van der Waals surface area (Å²) in [5.41, 5.74) is 11.2. The van der Waals surface area contributed by atoms with E-state index in [4.69, 9.17) is 21.7 Å². The number of thioether (sulfide) groups is 2. The molecule has 0 aromatic heterocycles. The number of unbranched alkanes of at least 4 members (excludes halogenated alkanes) is 2. The van der Waals surface area contributed by atoms with E-state index in [0.717, 1.165) is 24.3 Å². The van der Waals surface area contributed by atoms with E-state index in [9.17, 15) is 0 Å². The molecular weight excluding hydrogens is 280 g/mol. The van der Waals surface area contributed by atoms with Gasteiger partial charge in [-0.15, -0.1) is 0 Å². The van der Waals surface area contributed by atoms with E-state index in [2.05, 4.69) is 0 Å². The van der Waals surface area contributed by atoms with Crippen LogP contribution in [0.4, 0.5) is 0 Å². The molecule has 0 aliphatic heterocycles. The largest absolute Gasteiger partial charge is 0.395 e. The van der Waals surface area contributed by atoms with Gasteiger partial charge in [-0.05, 0) is 48.7 Å². The second kappa shape index (κ2) is 14.9. The van der Waals surface area contributed by atoms with Crippen molar-refractivity contribution in [2.24, 2.45) is 11.5 Å². The van der Waals surface area contributed by atoms with E-state index in [-0.39, 0.29) is 25.3 Å². The minimum atomic E-state index is -0.0470. The predicted molar refractivity (Wildman–Crippen MR) is 87.9 cm³/mol. The van der Waals surface area contributed by atoms with Gasteiger partial charge in [-0.2, -0.15) is 23.5 Å². The Kier molecular flexibility index (Phi) is 15.4. The average Bonchev–Trinajstić information content (AvgIpc) is 2.43. The van der Waals surface area contributed by atoms with Crippen LogP contribution in [0.5, 0.6) is 0 Å². The number of hydrogen-bond acceptors (Lipinski definition) is 6. The highest BCUT2D eigenvalue weighted by atomic mass is 32.2. The highest BCUT2D eigenvalue weighted by Crippen LogP contribution is 2.12. The molecule has 0 aromatic carbocycles. The SMILES string of the molecule is NC(CO)CCSCCCCCSCCC(N)CO. The van der Waals surface area contributed by atoms with Crippen molar-refractivity contribution in [2.45, 2.75) is 44.2 Å². The molecule has 116 valence electrons. The maximum Gasteiger partial charge on any atom is 0.0582 e. The van der Waals surface area contributed by atoms with Crippen molar-refractivity contribution >= 4 is 23.5 Å². The van der Waals surface area contributed by atoms with Gasteiger partial charge in [-0.25, -0.2) is 0 Å². The summed E-state index contributed by atoms with van der Waals surface area (Å²) in [4.78, 5) is 0. The summed E-state index contributed by atoms with van der Waals surface area (Å²) in [5, 5.41) is 17.5. The van der Waals surface area contributed by atoms with E-state index >= 15 is 0 Å². The summed E-state index contributed by atoms with van der Waals surface area (Å²) < 4.78 is 0. The fraction of sp³-hybridized carbons (Fsp3) is 1.00. The molecule has 6 heteroatoms. The number of nitrogens with two attached hydrogens (primary N) is 2. The van der Waals surface area contributed by atoms with Gasteiger partial charge in [0.05, 0.1) is 13.2 Å². The molecule has 6 N–H and O–H groups in total. The average molecular weight is 311 g/mol. The molecule has 0 aliphatic rings. The van der Waals surface area contributed by atoms with Crippen LogP contribution in [0.2, 0.25) is 0 Å². The van der Waals surface area contributed by atoms with E-state index in [1.165, 1.54) is 30.8 Å². The van der Waals surface area contributed by atoms with Crippen LogP contribution in [-0.2, 0) is 0 Å². The standard InChI is InChI=1S/C13H30N2O2S2/c14-12(10-16)4-8-18-6-2-1-3-7-19-9-5-13(15)11-17/h12-13,16-17H,1-11,14-15H2. The van der Waals surface area contributed by atoms with Gasteiger partial charge < -0.3 is 21.7 Å². The van der Waals surface area contributed by atoms with Crippen LogP contribution in [0.3, 0.4) is 0 Å². The summed E-state index contributed by atoms with van der Waals surface area (Å²) in [5.74, 6) is 4.49. The number of rotatable bonds is 14. The Morgan fingerprint density at radius 2 is 1.11 bits per heavy atom. The summed E-state index contributed by atoms with van der Waals surface area (Å²) in [6.07, 6.45) is 5.61. The maximum absolute atomic E-state index is 8.77. The minimum absolute atomic E-state index is 0.0470. The van der Waals surface area contributed by atoms with Gasteiger partial charge in [-0.3, -0.25) is 0 Å². The summed E-state index contributed by atoms with van der Waals surface area (Å²) in [6.45, 7) is 0.190. The second-order valence-electron chi connectivity index (χ2n) is 4.75. The van der Waals surface area contributed by atoms with E-state index in [0.29, 0.717) is 0 Å². The lowest BCUT2D eigenvalue weighted by atomic mass is 10.3. The molecule has 0 radical (unpaired) electrons. The molecule has 0 saturated carbocycles. The van der Waals surface area contributed by atoms with Gasteiger partial charge in [0, 0.05) is 12.1 Å². The van der Waals surface area contributed by atoms with Crippen LogP contribution >= 0.6 is 23.5 Å². The lowest BCUT2D eigenvalue weighted by molar-refractivity contribution is 0.263. The van der Waals surface area contributed by atoms with Crippen molar-refractivity contribution in [2.75, 3.05) is 36.2 Å². The molecular formula is C13H30N2O2S2. The van der Waals surface area contributed by atoms with Crippen LogP contribution in [0, 0.1) is 0 Å². The molecule has 0 rings (SSSR count). The van der Waals surface area contributed by atoms with Gasteiger partial charge >= 0.3 is 0 Å². The third kappa shape index (κ3) is 14.8. The molecule has 0 aliphatic carbocycles. The normalized spacial score (nSPS) is 14.5. The highest BCUT2D eigenvalue weighted by Gasteiger charge is 2.00. The van der Waals surface area contributed by atoms with Crippen LogP contribution in [0.1, 0.15) is 32.1 Å². The third-order valence-electron chi connectivity index (χ3n) is 2.81. The zero-order valence-corrected chi connectivity index (χ0v) is 13.4. The second-order valence-corrected chi connectivity index (χ2v) is 7.20. The first-order valence-corrected chi connectivity index (χ1v) is 9.40. The molecule has 0 aromatic rings. The maximum atomic E-state index is 8.77.